The van der Waals surface area contributed by atoms with Gasteiger partial charge in [-0.25, -0.2) is 8.42 Å². The smallest absolute Gasteiger partial charge is 0.228 e. The molecule has 7 nitrogen and oxygen atoms in total. The van der Waals surface area contributed by atoms with E-state index in [1.807, 2.05) is 43.3 Å². The Balaban J connectivity index is 1.59. The average molecular weight is 394 g/mol. The molecular formula is C19H27N3O4S. The summed E-state index contributed by atoms with van der Waals surface area (Å²) >= 11 is 0. The number of rotatable bonds is 5. The van der Waals surface area contributed by atoms with Crippen LogP contribution in [0, 0.1) is 5.92 Å². The van der Waals surface area contributed by atoms with Crippen molar-refractivity contribution in [2.75, 3.05) is 44.1 Å². The lowest BCUT2D eigenvalue weighted by Gasteiger charge is -2.24. The molecule has 27 heavy (non-hydrogen) atoms. The highest BCUT2D eigenvalue weighted by Crippen LogP contribution is 2.27. The van der Waals surface area contributed by atoms with E-state index in [4.69, 9.17) is 0 Å². The molecule has 1 aromatic rings. The number of carbonyl (C=O) groups excluding carboxylic acids is 2. The molecule has 0 unspecified atom stereocenters. The van der Waals surface area contributed by atoms with E-state index in [-0.39, 0.29) is 35.8 Å². The largest absolute Gasteiger partial charge is 0.378 e. The molecule has 148 valence electrons. The zero-order valence-corrected chi connectivity index (χ0v) is 16.9. The van der Waals surface area contributed by atoms with Crippen molar-refractivity contribution >= 4 is 27.3 Å². The molecule has 2 fully saturated rings. The van der Waals surface area contributed by atoms with Gasteiger partial charge in [0.15, 0.2) is 9.84 Å². The molecule has 2 saturated heterocycles. The first-order chi connectivity index (χ1) is 12.7. The third kappa shape index (κ3) is 4.43. The van der Waals surface area contributed by atoms with Crippen LogP contribution in [0.15, 0.2) is 24.3 Å². The molecule has 0 bridgehead atoms. The van der Waals surface area contributed by atoms with E-state index in [0.29, 0.717) is 19.5 Å². The van der Waals surface area contributed by atoms with Crippen molar-refractivity contribution in [2.24, 2.45) is 5.92 Å². The highest BCUT2D eigenvalue weighted by atomic mass is 32.2. The van der Waals surface area contributed by atoms with Gasteiger partial charge in [-0.05, 0) is 24.1 Å². The molecule has 1 aromatic carbocycles. The minimum absolute atomic E-state index is 0.0215. The summed E-state index contributed by atoms with van der Waals surface area (Å²) < 4.78 is 23.4. The van der Waals surface area contributed by atoms with Crippen LogP contribution in [0.5, 0.6) is 0 Å². The first-order valence-corrected chi connectivity index (χ1v) is 11.0. The van der Waals surface area contributed by atoms with Crippen molar-refractivity contribution in [3.8, 4) is 0 Å². The number of sulfone groups is 1. The lowest BCUT2D eigenvalue weighted by Crippen LogP contribution is -2.39. The minimum atomic E-state index is -3.05. The Morgan fingerprint density at radius 1 is 1.19 bits per heavy atom. The number of anilines is 1. The normalized spacial score (nSPS) is 24.3. The zero-order chi connectivity index (χ0) is 19.8. The van der Waals surface area contributed by atoms with Crippen molar-refractivity contribution in [3.05, 3.63) is 29.8 Å². The second-order valence-corrected chi connectivity index (χ2v) is 9.99. The molecule has 2 aliphatic rings. The lowest BCUT2D eigenvalue weighted by molar-refractivity contribution is -0.135. The predicted octanol–water partition coefficient (Wildman–Crippen LogP) is 0.747. The maximum Gasteiger partial charge on any atom is 0.228 e. The fourth-order valence-corrected chi connectivity index (χ4v) is 5.56. The quantitative estimate of drug-likeness (QED) is 0.738. The fraction of sp³-hybridized carbons (Fsp3) is 0.579. The molecular weight excluding hydrogens is 366 g/mol. The van der Waals surface area contributed by atoms with E-state index in [9.17, 15) is 18.0 Å². The first kappa shape index (κ1) is 19.7. The number of nitrogens with zero attached hydrogens (tertiary/aromatic N) is 3. The van der Waals surface area contributed by atoms with Gasteiger partial charge < -0.3 is 14.7 Å². The van der Waals surface area contributed by atoms with E-state index in [1.165, 1.54) is 0 Å². The van der Waals surface area contributed by atoms with Crippen molar-refractivity contribution in [2.45, 2.75) is 25.4 Å². The third-order valence-corrected chi connectivity index (χ3v) is 7.16. The molecule has 0 spiro atoms. The summed E-state index contributed by atoms with van der Waals surface area (Å²) in [6, 6.07) is 7.73. The Morgan fingerprint density at radius 3 is 2.41 bits per heavy atom. The molecule has 2 amide bonds. The van der Waals surface area contributed by atoms with Crippen LogP contribution in [0.25, 0.3) is 0 Å². The van der Waals surface area contributed by atoms with Gasteiger partial charge in [-0.15, -0.1) is 0 Å². The second-order valence-electron chi connectivity index (χ2n) is 7.76. The van der Waals surface area contributed by atoms with Gasteiger partial charge in [0.25, 0.3) is 0 Å². The number of likely N-dealkylation sites (tertiary alicyclic amines) is 1. The SMILES string of the molecule is CN(Cc1ccc(N(C)C)cc1)C(=O)[C@@H]1CC(=O)N([C@@H]2CCS(=O)(=O)C2)C1. The van der Waals surface area contributed by atoms with Gasteiger partial charge in [-0.1, -0.05) is 12.1 Å². The number of hydrogen-bond acceptors (Lipinski definition) is 5. The lowest BCUT2D eigenvalue weighted by atomic mass is 10.1. The van der Waals surface area contributed by atoms with E-state index in [1.54, 1.807) is 16.8 Å². The van der Waals surface area contributed by atoms with Crippen LogP contribution < -0.4 is 4.90 Å². The van der Waals surface area contributed by atoms with Crippen LogP contribution in [0.4, 0.5) is 5.69 Å². The summed E-state index contributed by atoms with van der Waals surface area (Å²) in [4.78, 5) is 30.4. The number of hydrogen-bond donors (Lipinski definition) is 0. The summed E-state index contributed by atoms with van der Waals surface area (Å²) in [6.07, 6.45) is 0.641. The highest BCUT2D eigenvalue weighted by Gasteiger charge is 2.42. The molecule has 2 atom stereocenters. The Bertz CT molecular complexity index is 820. The molecule has 0 aromatic heterocycles. The van der Waals surface area contributed by atoms with E-state index in [2.05, 4.69) is 0 Å². The van der Waals surface area contributed by atoms with Crippen molar-refractivity contribution in [1.82, 2.24) is 9.80 Å². The maximum atomic E-state index is 12.8. The monoisotopic (exact) mass is 393 g/mol. The summed E-state index contributed by atoms with van der Waals surface area (Å²) in [5.74, 6) is -0.425. The standard InChI is InChI=1S/C19H27N3O4S/c1-20(2)16-6-4-14(5-7-16)11-21(3)19(24)15-10-18(23)22(12-15)17-8-9-27(25,26)13-17/h4-7,15,17H,8-13H2,1-3H3/t15-,17-/m1/s1. The van der Waals surface area contributed by atoms with Gasteiger partial charge in [0, 0.05) is 52.4 Å². The van der Waals surface area contributed by atoms with E-state index >= 15 is 0 Å². The highest BCUT2D eigenvalue weighted by molar-refractivity contribution is 7.91. The molecule has 2 heterocycles. The van der Waals surface area contributed by atoms with Crippen molar-refractivity contribution in [1.29, 1.82) is 0 Å². The zero-order valence-electron chi connectivity index (χ0n) is 16.1. The van der Waals surface area contributed by atoms with Gasteiger partial charge >= 0.3 is 0 Å². The van der Waals surface area contributed by atoms with E-state index in [0.717, 1.165) is 11.3 Å². The first-order valence-electron chi connectivity index (χ1n) is 9.17. The average Bonchev–Trinajstić information content (AvgIpc) is 3.16. The van der Waals surface area contributed by atoms with Crippen LogP contribution in [0.3, 0.4) is 0 Å². The van der Waals surface area contributed by atoms with Crippen LogP contribution in [-0.4, -0.2) is 75.3 Å². The van der Waals surface area contributed by atoms with Gasteiger partial charge in [0.2, 0.25) is 11.8 Å². The molecule has 0 radical (unpaired) electrons. The summed E-state index contributed by atoms with van der Waals surface area (Å²) in [7, 11) is 2.64. The Hall–Kier alpha value is -2.09. The third-order valence-electron chi connectivity index (χ3n) is 5.41. The Morgan fingerprint density at radius 2 is 1.85 bits per heavy atom. The number of carbonyl (C=O) groups is 2. The molecule has 0 aliphatic carbocycles. The maximum absolute atomic E-state index is 12.8. The van der Waals surface area contributed by atoms with Gasteiger partial charge in [0.1, 0.15) is 0 Å². The van der Waals surface area contributed by atoms with E-state index < -0.39 is 15.8 Å². The Labute approximate surface area is 160 Å². The fourth-order valence-electron chi connectivity index (χ4n) is 3.83. The molecule has 2 aliphatic heterocycles. The predicted molar refractivity (Wildman–Crippen MR) is 104 cm³/mol. The molecule has 8 heteroatoms. The summed E-state index contributed by atoms with van der Waals surface area (Å²) in [6.45, 7) is 0.802. The summed E-state index contributed by atoms with van der Waals surface area (Å²) in [5, 5.41) is 0. The molecule has 0 saturated carbocycles. The topological polar surface area (TPSA) is 78.0 Å². The van der Waals surface area contributed by atoms with Crippen LogP contribution >= 0.6 is 0 Å². The van der Waals surface area contributed by atoms with Crippen LogP contribution in [-0.2, 0) is 26.0 Å². The number of benzene rings is 1. The summed E-state index contributed by atoms with van der Waals surface area (Å²) in [5.41, 5.74) is 2.12. The van der Waals surface area contributed by atoms with Gasteiger partial charge in [-0.2, -0.15) is 0 Å². The second kappa shape index (κ2) is 7.50. The number of amides is 2. The van der Waals surface area contributed by atoms with Gasteiger partial charge in [-0.3, -0.25) is 9.59 Å². The van der Waals surface area contributed by atoms with Crippen molar-refractivity contribution < 1.29 is 18.0 Å². The Kier molecular flexibility index (Phi) is 5.46. The molecule has 0 N–H and O–H groups in total. The minimum Gasteiger partial charge on any atom is -0.378 e. The van der Waals surface area contributed by atoms with Crippen LogP contribution in [0.1, 0.15) is 18.4 Å². The van der Waals surface area contributed by atoms with Crippen molar-refractivity contribution in [3.63, 3.8) is 0 Å². The van der Waals surface area contributed by atoms with Gasteiger partial charge in [0.05, 0.1) is 17.4 Å². The molecule has 3 rings (SSSR count). The van der Waals surface area contributed by atoms with Crippen LogP contribution in [0.2, 0.25) is 0 Å².